The van der Waals surface area contributed by atoms with Crippen LogP contribution in [-0.4, -0.2) is 41.9 Å². The molecule has 0 atom stereocenters. The third kappa shape index (κ3) is 4.16. The second-order valence-electron chi connectivity index (χ2n) is 8.32. The minimum Gasteiger partial charge on any atom is -0.501 e. The first-order valence-electron chi connectivity index (χ1n) is 10.4. The molecule has 0 saturated carbocycles. The molecule has 0 fully saturated rings. The monoisotopic (exact) mass is 437 g/mol. The molecular formula is C23H24FN5O3. The number of aromatic nitrogens is 4. The topological polar surface area (TPSA) is 101 Å². The minimum absolute atomic E-state index is 0.0405. The molecule has 0 radical (unpaired) electrons. The first-order valence-corrected chi connectivity index (χ1v) is 10.4. The lowest BCUT2D eigenvalue weighted by molar-refractivity contribution is 0.0637. The van der Waals surface area contributed by atoms with E-state index >= 15 is 0 Å². The first kappa shape index (κ1) is 21.8. The SMILES string of the molecule is CC1(C)c2nc(C(=O)CCc3ccc(F)cc3)c(O)c(=O)n2CCN1Cc1cnccn1. The lowest BCUT2D eigenvalue weighted by Crippen LogP contribution is -2.52. The summed E-state index contributed by atoms with van der Waals surface area (Å²) in [6.07, 6.45) is 5.30. The Labute approximate surface area is 184 Å². The van der Waals surface area contributed by atoms with Gasteiger partial charge in [-0.3, -0.25) is 29.0 Å². The van der Waals surface area contributed by atoms with Crippen LogP contribution in [0.1, 0.15) is 47.8 Å². The molecule has 166 valence electrons. The van der Waals surface area contributed by atoms with Gasteiger partial charge >= 0.3 is 0 Å². The molecule has 0 amide bonds. The van der Waals surface area contributed by atoms with E-state index in [4.69, 9.17) is 0 Å². The zero-order valence-corrected chi connectivity index (χ0v) is 18.0. The largest absolute Gasteiger partial charge is 0.501 e. The number of hydrogen-bond acceptors (Lipinski definition) is 7. The fraction of sp³-hybridized carbons (Fsp3) is 0.348. The molecule has 32 heavy (non-hydrogen) atoms. The first-order chi connectivity index (χ1) is 15.3. The lowest BCUT2D eigenvalue weighted by Gasteiger charge is -2.43. The maximum Gasteiger partial charge on any atom is 0.296 e. The molecule has 1 N–H and O–H groups in total. The summed E-state index contributed by atoms with van der Waals surface area (Å²) in [5, 5.41) is 10.4. The Balaban J connectivity index is 1.62. The average Bonchev–Trinajstić information content (AvgIpc) is 2.78. The number of aromatic hydroxyl groups is 1. The van der Waals surface area contributed by atoms with Crippen LogP contribution in [0.4, 0.5) is 4.39 Å². The van der Waals surface area contributed by atoms with Gasteiger partial charge in [-0.25, -0.2) is 9.37 Å². The van der Waals surface area contributed by atoms with Crippen molar-refractivity contribution in [2.24, 2.45) is 0 Å². The van der Waals surface area contributed by atoms with Gasteiger partial charge < -0.3 is 5.11 Å². The van der Waals surface area contributed by atoms with Crippen molar-refractivity contribution in [2.75, 3.05) is 6.54 Å². The predicted molar refractivity (Wildman–Crippen MR) is 115 cm³/mol. The van der Waals surface area contributed by atoms with E-state index < -0.39 is 22.6 Å². The van der Waals surface area contributed by atoms with E-state index in [0.29, 0.717) is 31.9 Å². The molecule has 3 aromatic rings. The predicted octanol–water partition coefficient (Wildman–Crippen LogP) is 2.44. The Morgan fingerprint density at radius 2 is 1.94 bits per heavy atom. The third-order valence-corrected chi connectivity index (χ3v) is 5.86. The highest BCUT2D eigenvalue weighted by atomic mass is 19.1. The van der Waals surface area contributed by atoms with Crippen molar-refractivity contribution < 1.29 is 14.3 Å². The highest BCUT2D eigenvalue weighted by Crippen LogP contribution is 2.31. The number of halogens is 1. The summed E-state index contributed by atoms with van der Waals surface area (Å²) in [7, 11) is 0. The Kier molecular flexibility index (Phi) is 5.84. The molecular weight excluding hydrogens is 413 g/mol. The van der Waals surface area contributed by atoms with Gasteiger partial charge in [0, 0.05) is 44.6 Å². The van der Waals surface area contributed by atoms with Crippen LogP contribution in [0, 0.1) is 5.82 Å². The number of ketones is 1. The van der Waals surface area contributed by atoms with Crippen LogP contribution in [0.25, 0.3) is 0 Å². The summed E-state index contributed by atoms with van der Waals surface area (Å²) in [5.41, 5.74) is 0.0366. The third-order valence-electron chi connectivity index (χ3n) is 5.86. The number of carbonyl (C=O) groups is 1. The van der Waals surface area contributed by atoms with Crippen molar-refractivity contribution in [1.82, 2.24) is 24.4 Å². The van der Waals surface area contributed by atoms with Gasteiger partial charge in [0.15, 0.2) is 11.5 Å². The number of fused-ring (bicyclic) bond motifs is 1. The van der Waals surface area contributed by atoms with E-state index in [0.717, 1.165) is 11.3 Å². The molecule has 1 aromatic carbocycles. The molecule has 0 saturated heterocycles. The van der Waals surface area contributed by atoms with Gasteiger partial charge in [-0.1, -0.05) is 12.1 Å². The summed E-state index contributed by atoms with van der Waals surface area (Å²) >= 11 is 0. The fourth-order valence-corrected chi connectivity index (χ4v) is 3.97. The van der Waals surface area contributed by atoms with Gasteiger partial charge in [0.05, 0.1) is 11.2 Å². The van der Waals surface area contributed by atoms with Crippen LogP contribution in [0.5, 0.6) is 5.75 Å². The molecule has 0 spiro atoms. The molecule has 0 bridgehead atoms. The van der Waals surface area contributed by atoms with Crippen LogP contribution in [0.15, 0.2) is 47.7 Å². The van der Waals surface area contributed by atoms with Gasteiger partial charge in [0.25, 0.3) is 5.56 Å². The maximum absolute atomic E-state index is 13.1. The van der Waals surface area contributed by atoms with E-state index in [-0.39, 0.29) is 17.9 Å². The van der Waals surface area contributed by atoms with Gasteiger partial charge in [0.1, 0.15) is 11.6 Å². The quantitative estimate of drug-likeness (QED) is 0.591. The number of aryl methyl sites for hydroxylation is 1. The van der Waals surface area contributed by atoms with Gasteiger partial charge in [-0.05, 0) is 38.0 Å². The second kappa shape index (κ2) is 8.58. The van der Waals surface area contributed by atoms with Crippen LogP contribution in [0.3, 0.4) is 0 Å². The number of nitrogens with zero attached hydrogens (tertiary/aromatic N) is 5. The van der Waals surface area contributed by atoms with Crippen molar-refractivity contribution in [3.63, 3.8) is 0 Å². The number of carbonyl (C=O) groups excluding carboxylic acids is 1. The van der Waals surface area contributed by atoms with E-state index in [9.17, 15) is 19.1 Å². The molecule has 0 unspecified atom stereocenters. The van der Waals surface area contributed by atoms with Crippen molar-refractivity contribution in [2.45, 2.75) is 45.3 Å². The van der Waals surface area contributed by atoms with E-state index in [1.54, 1.807) is 30.7 Å². The van der Waals surface area contributed by atoms with E-state index in [1.807, 2.05) is 13.8 Å². The van der Waals surface area contributed by atoms with Gasteiger partial charge in [-0.15, -0.1) is 0 Å². The summed E-state index contributed by atoms with van der Waals surface area (Å²) < 4.78 is 14.5. The lowest BCUT2D eigenvalue weighted by atomic mass is 9.97. The van der Waals surface area contributed by atoms with Gasteiger partial charge in [-0.2, -0.15) is 0 Å². The number of hydrogen-bond donors (Lipinski definition) is 1. The minimum atomic E-state index is -0.686. The summed E-state index contributed by atoms with van der Waals surface area (Å²) in [4.78, 5) is 40.7. The molecule has 0 aliphatic carbocycles. The maximum atomic E-state index is 13.1. The van der Waals surface area contributed by atoms with Crippen molar-refractivity contribution in [3.8, 4) is 5.75 Å². The Hall–Kier alpha value is -3.46. The highest BCUT2D eigenvalue weighted by Gasteiger charge is 2.39. The molecule has 4 rings (SSSR count). The Bertz CT molecular complexity index is 1190. The molecule has 9 heteroatoms. The van der Waals surface area contributed by atoms with Crippen LogP contribution < -0.4 is 5.56 Å². The van der Waals surface area contributed by atoms with Crippen molar-refractivity contribution >= 4 is 5.78 Å². The molecule has 8 nitrogen and oxygen atoms in total. The molecule has 1 aliphatic rings. The summed E-state index contributed by atoms with van der Waals surface area (Å²) in [6, 6.07) is 5.86. The second-order valence-corrected chi connectivity index (χ2v) is 8.32. The van der Waals surface area contributed by atoms with Crippen LogP contribution in [-0.2, 0) is 25.0 Å². The zero-order chi connectivity index (χ0) is 22.9. The average molecular weight is 437 g/mol. The highest BCUT2D eigenvalue weighted by molar-refractivity contribution is 5.96. The van der Waals surface area contributed by atoms with Crippen LogP contribution >= 0.6 is 0 Å². The molecule has 2 aromatic heterocycles. The number of Topliss-reactive ketones (excluding diaryl/α,β-unsaturated/α-hetero) is 1. The normalized spacial score (nSPS) is 15.3. The zero-order valence-electron chi connectivity index (χ0n) is 18.0. The van der Waals surface area contributed by atoms with Crippen LogP contribution in [0.2, 0.25) is 0 Å². The number of benzene rings is 1. The number of rotatable bonds is 6. The summed E-state index contributed by atoms with van der Waals surface area (Å²) in [6.45, 7) is 5.23. The Morgan fingerprint density at radius 1 is 1.19 bits per heavy atom. The summed E-state index contributed by atoms with van der Waals surface area (Å²) in [5.74, 6) is -0.999. The van der Waals surface area contributed by atoms with E-state index in [1.165, 1.54) is 16.7 Å². The fourth-order valence-electron chi connectivity index (χ4n) is 3.97. The van der Waals surface area contributed by atoms with Crippen molar-refractivity contribution in [1.29, 1.82) is 0 Å². The van der Waals surface area contributed by atoms with Crippen molar-refractivity contribution in [3.05, 3.63) is 81.8 Å². The van der Waals surface area contributed by atoms with E-state index in [2.05, 4.69) is 19.9 Å². The smallest absolute Gasteiger partial charge is 0.296 e. The standard InChI is InChI=1S/C23H24FN5O3/c1-23(2)22-27-19(18(30)8-5-15-3-6-16(24)7-4-15)20(31)21(32)29(22)12-11-28(23)14-17-13-25-9-10-26-17/h3-4,6-7,9-10,13,31H,5,8,11-12,14H2,1-2H3. The molecule has 1 aliphatic heterocycles. The Morgan fingerprint density at radius 3 is 2.62 bits per heavy atom. The van der Waals surface area contributed by atoms with Gasteiger partial charge in [0.2, 0.25) is 5.75 Å². The molecule has 3 heterocycles.